The van der Waals surface area contributed by atoms with E-state index in [1.807, 2.05) is 0 Å². The highest BCUT2D eigenvalue weighted by molar-refractivity contribution is 5.92. The Balaban J connectivity index is 1.95. The van der Waals surface area contributed by atoms with E-state index in [4.69, 9.17) is 0 Å². The molecule has 1 aromatic carbocycles. The van der Waals surface area contributed by atoms with E-state index in [1.165, 1.54) is 0 Å². The van der Waals surface area contributed by atoms with Gasteiger partial charge in [0.1, 0.15) is 11.6 Å². The summed E-state index contributed by atoms with van der Waals surface area (Å²) in [7, 11) is 0. The minimum Gasteiger partial charge on any atom is -0.452 e. The summed E-state index contributed by atoms with van der Waals surface area (Å²) in [6.07, 6.45) is 1.85. The SMILES string of the molecule is O=C(COC(=O)c1cc(F)c(F)c(F)c1F)N[C@@H]1CCCCNC1=O. The van der Waals surface area contributed by atoms with Crippen LogP contribution in [0.4, 0.5) is 17.6 Å². The molecule has 0 radical (unpaired) electrons. The van der Waals surface area contributed by atoms with E-state index in [9.17, 15) is 31.9 Å². The lowest BCUT2D eigenvalue weighted by Gasteiger charge is -2.15. The van der Waals surface area contributed by atoms with Gasteiger partial charge in [-0.1, -0.05) is 0 Å². The Bertz CT molecular complexity index is 711. The molecule has 136 valence electrons. The molecule has 1 fully saturated rings. The number of esters is 1. The van der Waals surface area contributed by atoms with Crippen LogP contribution in [0.1, 0.15) is 29.6 Å². The Labute approximate surface area is 139 Å². The van der Waals surface area contributed by atoms with Crippen LogP contribution in [0.15, 0.2) is 6.07 Å². The Kier molecular flexibility index (Phi) is 5.94. The van der Waals surface area contributed by atoms with E-state index >= 15 is 0 Å². The monoisotopic (exact) mass is 362 g/mol. The first-order valence-electron chi connectivity index (χ1n) is 7.38. The lowest BCUT2D eigenvalue weighted by molar-refractivity contribution is -0.130. The van der Waals surface area contributed by atoms with Crippen molar-refractivity contribution < 1.29 is 36.7 Å². The molecule has 1 saturated heterocycles. The molecule has 0 unspecified atom stereocenters. The summed E-state index contributed by atoms with van der Waals surface area (Å²) < 4.78 is 56.9. The predicted octanol–water partition coefficient (Wildman–Crippen LogP) is 1.18. The number of nitrogens with one attached hydrogen (secondary N) is 2. The summed E-state index contributed by atoms with van der Waals surface area (Å²) in [6, 6.07) is -0.668. The maximum atomic E-state index is 13.5. The quantitative estimate of drug-likeness (QED) is 0.365. The molecular formula is C15H14F4N2O4. The lowest BCUT2D eigenvalue weighted by atomic mass is 10.1. The van der Waals surface area contributed by atoms with Crippen LogP contribution in [0.25, 0.3) is 0 Å². The van der Waals surface area contributed by atoms with Gasteiger partial charge in [0.25, 0.3) is 5.91 Å². The summed E-state index contributed by atoms with van der Waals surface area (Å²) >= 11 is 0. The van der Waals surface area contributed by atoms with Crippen LogP contribution in [0.2, 0.25) is 0 Å². The van der Waals surface area contributed by atoms with Crippen molar-refractivity contribution in [1.29, 1.82) is 0 Å². The number of amides is 2. The highest BCUT2D eigenvalue weighted by Gasteiger charge is 2.26. The van der Waals surface area contributed by atoms with Crippen molar-refractivity contribution in [1.82, 2.24) is 10.6 Å². The molecule has 0 aromatic heterocycles. The molecule has 1 atom stereocenters. The molecule has 2 N–H and O–H groups in total. The number of carbonyl (C=O) groups excluding carboxylic acids is 3. The van der Waals surface area contributed by atoms with Gasteiger partial charge in [0.05, 0.1) is 0 Å². The molecule has 1 aliphatic heterocycles. The van der Waals surface area contributed by atoms with Gasteiger partial charge in [-0.3, -0.25) is 9.59 Å². The second-order valence-electron chi connectivity index (χ2n) is 5.33. The number of benzene rings is 1. The normalized spacial score (nSPS) is 17.4. The fourth-order valence-electron chi connectivity index (χ4n) is 2.24. The van der Waals surface area contributed by atoms with E-state index in [2.05, 4.69) is 15.4 Å². The van der Waals surface area contributed by atoms with Gasteiger partial charge in [-0.15, -0.1) is 0 Å². The zero-order chi connectivity index (χ0) is 18.6. The van der Waals surface area contributed by atoms with Gasteiger partial charge in [0.15, 0.2) is 29.9 Å². The van der Waals surface area contributed by atoms with Crippen molar-refractivity contribution >= 4 is 17.8 Å². The Morgan fingerprint density at radius 3 is 2.60 bits per heavy atom. The van der Waals surface area contributed by atoms with E-state index in [1.54, 1.807) is 0 Å². The zero-order valence-corrected chi connectivity index (χ0v) is 12.8. The van der Waals surface area contributed by atoms with Gasteiger partial charge in [-0.05, 0) is 25.3 Å². The molecule has 0 spiro atoms. The number of ether oxygens (including phenoxy) is 1. The largest absolute Gasteiger partial charge is 0.452 e. The molecule has 2 rings (SSSR count). The van der Waals surface area contributed by atoms with Crippen LogP contribution >= 0.6 is 0 Å². The third-order valence-corrected chi connectivity index (χ3v) is 3.53. The van der Waals surface area contributed by atoms with Crippen LogP contribution < -0.4 is 10.6 Å². The first-order valence-corrected chi connectivity index (χ1v) is 7.38. The molecule has 1 aromatic rings. The lowest BCUT2D eigenvalue weighted by Crippen LogP contribution is -2.46. The first kappa shape index (κ1) is 18.7. The average molecular weight is 362 g/mol. The first-order chi connectivity index (χ1) is 11.8. The molecule has 0 saturated carbocycles. The van der Waals surface area contributed by atoms with Gasteiger partial charge < -0.3 is 15.4 Å². The molecule has 2 amide bonds. The summed E-state index contributed by atoms with van der Waals surface area (Å²) in [4.78, 5) is 35.0. The Morgan fingerprint density at radius 1 is 1.16 bits per heavy atom. The smallest absolute Gasteiger partial charge is 0.341 e. The van der Waals surface area contributed by atoms with Crippen LogP contribution in [0.3, 0.4) is 0 Å². The minimum atomic E-state index is -2.16. The van der Waals surface area contributed by atoms with Gasteiger partial charge in [-0.25, -0.2) is 22.4 Å². The molecule has 0 bridgehead atoms. The number of hydrogen-bond acceptors (Lipinski definition) is 4. The van der Waals surface area contributed by atoms with Gasteiger partial charge in [-0.2, -0.15) is 0 Å². The number of hydrogen-bond donors (Lipinski definition) is 2. The molecule has 6 nitrogen and oxygen atoms in total. The second kappa shape index (κ2) is 7.95. The maximum absolute atomic E-state index is 13.5. The second-order valence-corrected chi connectivity index (χ2v) is 5.33. The highest BCUT2D eigenvalue weighted by atomic mass is 19.2. The standard InChI is InChI=1S/C15H14F4N2O4/c16-8-5-7(11(17)13(19)12(8)18)15(24)25-6-10(22)21-9-3-1-2-4-20-14(9)23/h5,9H,1-4,6H2,(H,20,23)(H,21,22)/t9-/m1/s1. The summed E-state index contributed by atoms with van der Waals surface area (Å²) in [5, 5.41) is 4.92. The van der Waals surface area contributed by atoms with Crippen molar-refractivity contribution in [3.05, 3.63) is 34.9 Å². The van der Waals surface area contributed by atoms with E-state index in [0.29, 0.717) is 19.4 Å². The van der Waals surface area contributed by atoms with Crippen LogP contribution in [0.5, 0.6) is 0 Å². The van der Waals surface area contributed by atoms with Crippen molar-refractivity contribution in [3.8, 4) is 0 Å². The molecule has 10 heteroatoms. The fourth-order valence-corrected chi connectivity index (χ4v) is 2.24. The van der Waals surface area contributed by atoms with Crippen LogP contribution in [0, 0.1) is 23.3 Å². The predicted molar refractivity (Wildman–Crippen MR) is 75.3 cm³/mol. The highest BCUT2D eigenvalue weighted by Crippen LogP contribution is 2.19. The minimum absolute atomic E-state index is 0.132. The van der Waals surface area contributed by atoms with Crippen LogP contribution in [-0.2, 0) is 14.3 Å². The Hall–Kier alpha value is -2.65. The van der Waals surface area contributed by atoms with Gasteiger partial charge >= 0.3 is 5.97 Å². The average Bonchev–Trinajstić information content (AvgIpc) is 2.78. The maximum Gasteiger partial charge on any atom is 0.341 e. The zero-order valence-electron chi connectivity index (χ0n) is 12.8. The van der Waals surface area contributed by atoms with Gasteiger partial charge in [0, 0.05) is 6.54 Å². The van der Waals surface area contributed by atoms with Crippen molar-refractivity contribution in [3.63, 3.8) is 0 Å². The summed E-state index contributed by atoms with van der Waals surface area (Å²) in [6.45, 7) is -0.413. The van der Waals surface area contributed by atoms with Crippen molar-refractivity contribution in [2.75, 3.05) is 13.2 Å². The molecule has 1 heterocycles. The molecule has 1 aliphatic rings. The number of halogens is 4. The Morgan fingerprint density at radius 2 is 1.88 bits per heavy atom. The third kappa shape index (κ3) is 4.46. The van der Waals surface area contributed by atoms with Gasteiger partial charge in [0.2, 0.25) is 5.91 Å². The number of carbonyl (C=O) groups is 3. The molecule has 25 heavy (non-hydrogen) atoms. The van der Waals surface area contributed by atoms with Crippen molar-refractivity contribution in [2.24, 2.45) is 0 Å². The van der Waals surface area contributed by atoms with Crippen molar-refractivity contribution in [2.45, 2.75) is 25.3 Å². The number of rotatable bonds is 4. The summed E-state index contributed by atoms with van der Waals surface area (Å²) in [5.74, 6) is -10.7. The molecule has 0 aliphatic carbocycles. The van der Waals surface area contributed by atoms with E-state index < -0.39 is 53.4 Å². The third-order valence-electron chi connectivity index (χ3n) is 3.53. The molecular weight excluding hydrogens is 348 g/mol. The van der Waals surface area contributed by atoms with E-state index in [0.717, 1.165) is 6.42 Å². The summed E-state index contributed by atoms with van der Waals surface area (Å²) in [5.41, 5.74) is -1.18. The fraction of sp³-hybridized carbons (Fsp3) is 0.400. The van der Waals surface area contributed by atoms with E-state index in [-0.39, 0.29) is 12.0 Å². The topological polar surface area (TPSA) is 84.5 Å². The van der Waals surface area contributed by atoms with Crippen LogP contribution in [-0.4, -0.2) is 37.0 Å².